The van der Waals surface area contributed by atoms with Crippen molar-refractivity contribution < 1.29 is 23.0 Å². The van der Waals surface area contributed by atoms with Crippen molar-refractivity contribution in [1.29, 1.82) is 0 Å². The molecule has 0 aliphatic carbocycles. The summed E-state index contributed by atoms with van der Waals surface area (Å²) in [4.78, 5) is 4.01. The lowest BCUT2D eigenvalue weighted by atomic mass is 10.1. The van der Waals surface area contributed by atoms with Crippen molar-refractivity contribution in [2.24, 2.45) is 4.99 Å². The molecule has 0 saturated carbocycles. The summed E-state index contributed by atoms with van der Waals surface area (Å²) in [6, 6.07) is 3.02. The first-order valence-corrected chi connectivity index (χ1v) is 6.46. The average Bonchev–Trinajstić information content (AvgIpc) is 2.89. The summed E-state index contributed by atoms with van der Waals surface area (Å²) < 4.78 is 39.9. The maximum Gasteiger partial charge on any atom is 0.387 e. The fourth-order valence-electron chi connectivity index (χ4n) is 1.88. The van der Waals surface area contributed by atoms with Crippen LogP contribution >= 0.6 is 0 Å². The van der Waals surface area contributed by atoms with E-state index in [2.05, 4.69) is 20.4 Å². The molecule has 0 aromatic heterocycles. The lowest BCUT2D eigenvalue weighted by molar-refractivity contribution is -0.0505. The monoisotopic (exact) mass is 301 g/mol. The number of alkyl halides is 2. The van der Waals surface area contributed by atoms with Crippen LogP contribution in [0.3, 0.4) is 0 Å². The van der Waals surface area contributed by atoms with Crippen LogP contribution in [0.25, 0.3) is 0 Å². The van der Waals surface area contributed by atoms with Gasteiger partial charge in [0.25, 0.3) is 0 Å². The molecule has 1 aliphatic rings. The third-order valence-electron chi connectivity index (χ3n) is 2.79. The number of guanidine groups is 1. The molecule has 116 valence electrons. The first kappa shape index (κ1) is 15.1. The quantitative estimate of drug-likeness (QED) is 0.640. The second-order valence-electron chi connectivity index (χ2n) is 4.15. The van der Waals surface area contributed by atoms with Gasteiger partial charge in [-0.25, -0.2) is 0 Å². The van der Waals surface area contributed by atoms with Crippen molar-refractivity contribution in [2.75, 3.05) is 20.4 Å². The first-order valence-electron chi connectivity index (χ1n) is 6.46. The van der Waals surface area contributed by atoms with Crippen LogP contribution in [0.15, 0.2) is 17.1 Å². The van der Waals surface area contributed by atoms with Crippen LogP contribution in [0.1, 0.15) is 12.5 Å². The third-order valence-corrected chi connectivity index (χ3v) is 2.79. The molecule has 0 fully saturated rings. The standard InChI is InChI=1S/C13H17F2N3O3/c1-3-17-13(16-2)18-6-8-4-10-11(20-7-19-10)5-9(8)21-12(14)15/h4-5,12H,3,6-7H2,1-2H3,(H2,16,17,18). The Morgan fingerprint density at radius 2 is 2.05 bits per heavy atom. The van der Waals surface area contributed by atoms with Gasteiger partial charge in [0.15, 0.2) is 17.5 Å². The highest BCUT2D eigenvalue weighted by Gasteiger charge is 2.20. The van der Waals surface area contributed by atoms with E-state index in [0.717, 1.165) is 0 Å². The van der Waals surface area contributed by atoms with Crippen LogP contribution in [-0.4, -0.2) is 33.0 Å². The summed E-state index contributed by atoms with van der Waals surface area (Å²) in [5.74, 6) is 1.52. The molecular formula is C13H17F2N3O3. The van der Waals surface area contributed by atoms with E-state index >= 15 is 0 Å². The van der Waals surface area contributed by atoms with Gasteiger partial charge in [-0.1, -0.05) is 0 Å². The molecule has 1 aromatic rings. The summed E-state index contributed by atoms with van der Waals surface area (Å²) in [5.41, 5.74) is 0.526. The largest absolute Gasteiger partial charge is 0.454 e. The molecule has 8 heteroatoms. The van der Waals surface area contributed by atoms with Gasteiger partial charge in [0.1, 0.15) is 5.75 Å². The Morgan fingerprint density at radius 3 is 2.67 bits per heavy atom. The molecule has 0 unspecified atom stereocenters. The number of ether oxygens (including phenoxy) is 3. The van der Waals surface area contributed by atoms with E-state index in [1.807, 2.05) is 6.92 Å². The van der Waals surface area contributed by atoms with E-state index in [9.17, 15) is 8.78 Å². The Hall–Kier alpha value is -2.25. The zero-order valence-corrected chi connectivity index (χ0v) is 11.8. The van der Waals surface area contributed by atoms with E-state index in [1.54, 1.807) is 13.1 Å². The summed E-state index contributed by atoms with van der Waals surface area (Å²) >= 11 is 0. The second kappa shape index (κ2) is 6.96. The molecule has 0 spiro atoms. The molecule has 1 aromatic carbocycles. The van der Waals surface area contributed by atoms with E-state index in [0.29, 0.717) is 29.6 Å². The van der Waals surface area contributed by atoms with Crippen molar-refractivity contribution in [3.63, 3.8) is 0 Å². The average molecular weight is 301 g/mol. The number of halogens is 2. The van der Waals surface area contributed by atoms with E-state index in [-0.39, 0.29) is 19.1 Å². The van der Waals surface area contributed by atoms with Gasteiger partial charge in [0, 0.05) is 31.8 Å². The van der Waals surface area contributed by atoms with Gasteiger partial charge in [-0.2, -0.15) is 8.78 Å². The summed E-state index contributed by atoms with van der Waals surface area (Å²) in [5, 5.41) is 6.02. The fraction of sp³-hybridized carbons (Fsp3) is 0.462. The SMILES string of the molecule is CCNC(=NC)NCc1cc2c(cc1OC(F)F)OCO2. The minimum Gasteiger partial charge on any atom is -0.454 e. The van der Waals surface area contributed by atoms with Crippen molar-refractivity contribution in [3.05, 3.63) is 17.7 Å². The molecule has 1 heterocycles. The number of rotatable bonds is 5. The van der Waals surface area contributed by atoms with Gasteiger partial charge in [0.2, 0.25) is 6.79 Å². The van der Waals surface area contributed by atoms with Gasteiger partial charge < -0.3 is 24.8 Å². The topological polar surface area (TPSA) is 64.1 Å². The Labute approximate surface area is 121 Å². The Balaban J connectivity index is 2.16. The molecule has 2 N–H and O–H groups in total. The van der Waals surface area contributed by atoms with Gasteiger partial charge in [-0.3, -0.25) is 4.99 Å². The maximum atomic E-state index is 12.5. The van der Waals surface area contributed by atoms with Crippen LogP contribution in [0.4, 0.5) is 8.78 Å². The van der Waals surface area contributed by atoms with Crippen molar-refractivity contribution in [1.82, 2.24) is 10.6 Å². The molecular weight excluding hydrogens is 284 g/mol. The molecule has 6 nitrogen and oxygen atoms in total. The summed E-state index contributed by atoms with van der Waals surface area (Å²) in [6.45, 7) is 0.0507. The van der Waals surface area contributed by atoms with Gasteiger partial charge in [-0.15, -0.1) is 0 Å². The van der Waals surface area contributed by atoms with Crippen LogP contribution in [0, 0.1) is 0 Å². The number of fused-ring (bicyclic) bond motifs is 1. The highest BCUT2D eigenvalue weighted by atomic mass is 19.3. The highest BCUT2D eigenvalue weighted by Crippen LogP contribution is 2.38. The van der Waals surface area contributed by atoms with Crippen molar-refractivity contribution in [2.45, 2.75) is 20.1 Å². The predicted molar refractivity (Wildman–Crippen MR) is 73.1 cm³/mol. The lowest BCUT2D eigenvalue weighted by Crippen LogP contribution is -2.36. The molecule has 21 heavy (non-hydrogen) atoms. The van der Waals surface area contributed by atoms with Crippen LogP contribution in [-0.2, 0) is 6.54 Å². The number of benzene rings is 1. The van der Waals surface area contributed by atoms with Gasteiger partial charge >= 0.3 is 6.61 Å². The fourth-order valence-corrected chi connectivity index (χ4v) is 1.88. The summed E-state index contributed by atoms with van der Waals surface area (Å²) in [7, 11) is 1.63. The molecule has 0 atom stereocenters. The zero-order chi connectivity index (χ0) is 15.2. The molecule has 1 aliphatic heterocycles. The van der Waals surface area contributed by atoms with Crippen molar-refractivity contribution in [3.8, 4) is 17.2 Å². The molecule has 0 bridgehead atoms. The van der Waals surface area contributed by atoms with Gasteiger partial charge in [0.05, 0.1) is 0 Å². The predicted octanol–water partition coefficient (Wildman–Crippen LogP) is 1.70. The van der Waals surface area contributed by atoms with Crippen molar-refractivity contribution >= 4 is 5.96 Å². The van der Waals surface area contributed by atoms with E-state index in [4.69, 9.17) is 9.47 Å². The molecule has 0 radical (unpaired) electrons. The number of nitrogens with one attached hydrogen (secondary N) is 2. The van der Waals surface area contributed by atoms with E-state index < -0.39 is 6.61 Å². The minimum absolute atomic E-state index is 0.0497. The first-order chi connectivity index (χ1) is 10.1. The Bertz CT molecular complexity index is 524. The normalized spacial score (nSPS) is 13.5. The number of nitrogens with zero attached hydrogens (tertiary/aromatic N) is 1. The Morgan fingerprint density at radius 1 is 1.33 bits per heavy atom. The smallest absolute Gasteiger partial charge is 0.387 e. The van der Waals surface area contributed by atoms with Crippen LogP contribution < -0.4 is 24.8 Å². The Kier molecular flexibility index (Phi) is 5.02. The molecule has 0 saturated heterocycles. The number of hydrogen-bond donors (Lipinski definition) is 2. The summed E-state index contributed by atoms with van der Waals surface area (Å²) in [6.07, 6.45) is 0. The number of aliphatic imine (C=N–C) groups is 1. The highest BCUT2D eigenvalue weighted by molar-refractivity contribution is 5.79. The molecule has 2 rings (SSSR count). The second-order valence-corrected chi connectivity index (χ2v) is 4.15. The van der Waals surface area contributed by atoms with Crippen LogP contribution in [0.2, 0.25) is 0 Å². The third kappa shape index (κ3) is 3.87. The minimum atomic E-state index is -2.91. The molecule has 0 amide bonds. The van der Waals surface area contributed by atoms with Crippen LogP contribution in [0.5, 0.6) is 17.2 Å². The zero-order valence-electron chi connectivity index (χ0n) is 11.8. The van der Waals surface area contributed by atoms with E-state index in [1.165, 1.54) is 6.07 Å². The lowest BCUT2D eigenvalue weighted by Gasteiger charge is -2.14. The number of hydrogen-bond acceptors (Lipinski definition) is 4. The van der Waals surface area contributed by atoms with Gasteiger partial charge in [-0.05, 0) is 13.0 Å². The maximum absolute atomic E-state index is 12.5.